The number of primary amides is 1. The number of amides is 3. The van der Waals surface area contributed by atoms with E-state index in [4.69, 9.17) is 43.8 Å². The molecule has 2 aromatic heterocycles. The Morgan fingerprint density at radius 1 is 1.10 bits per heavy atom. The number of fused-ring (bicyclic) bond motifs is 1. The number of nitrogens with two attached hydrogens (primary N) is 2. The third-order valence-corrected chi connectivity index (χ3v) is 7.66. The van der Waals surface area contributed by atoms with Gasteiger partial charge < -0.3 is 30.4 Å². The summed E-state index contributed by atoms with van der Waals surface area (Å²) in [5.41, 5.74) is 11.2. The fourth-order valence-electron chi connectivity index (χ4n) is 4.86. The molecule has 4 aromatic rings. The highest BCUT2D eigenvalue weighted by molar-refractivity contribution is 6.42. The first-order chi connectivity index (χ1) is 19.9. The number of hydrogen-bond acceptors (Lipinski definition) is 7. The number of oxazole rings is 1. The maximum atomic E-state index is 13.7. The van der Waals surface area contributed by atoms with Gasteiger partial charge in [0.15, 0.2) is 11.5 Å². The van der Waals surface area contributed by atoms with Gasteiger partial charge in [0.1, 0.15) is 17.0 Å². The van der Waals surface area contributed by atoms with Gasteiger partial charge in [0, 0.05) is 30.6 Å². The number of benzene rings is 2. The highest BCUT2D eigenvalue weighted by atomic mass is 35.5. The van der Waals surface area contributed by atoms with Crippen LogP contribution in [0.25, 0.3) is 22.4 Å². The molecule has 0 spiro atoms. The SMILES string of the molecule is COc1ccc(-c2nc(C(=O)N3CCN(C(N)=O)C(c4ccc(Cl)c(Cl)c4)C3)c(CN)o2)c2ccc(C(F)(F)F)nc12. The van der Waals surface area contributed by atoms with E-state index in [1.165, 1.54) is 29.0 Å². The first kappa shape index (κ1) is 29.4. The van der Waals surface area contributed by atoms with E-state index in [2.05, 4.69) is 9.97 Å². The number of methoxy groups -OCH3 is 1. The molecule has 15 heteroatoms. The molecule has 220 valence electrons. The summed E-state index contributed by atoms with van der Waals surface area (Å²) in [5.74, 6) is -0.371. The summed E-state index contributed by atoms with van der Waals surface area (Å²) in [4.78, 5) is 37.0. The fraction of sp³-hybridized carbons (Fsp3) is 0.259. The number of urea groups is 1. The van der Waals surface area contributed by atoms with Gasteiger partial charge in [-0.1, -0.05) is 29.3 Å². The molecule has 1 fully saturated rings. The van der Waals surface area contributed by atoms with Crippen LogP contribution in [0.4, 0.5) is 18.0 Å². The third-order valence-electron chi connectivity index (χ3n) is 6.93. The van der Waals surface area contributed by atoms with E-state index in [1.54, 1.807) is 24.3 Å². The topological polar surface area (TPSA) is 141 Å². The van der Waals surface area contributed by atoms with Crippen molar-refractivity contribution < 1.29 is 31.9 Å². The van der Waals surface area contributed by atoms with Gasteiger partial charge in [-0.3, -0.25) is 4.79 Å². The maximum Gasteiger partial charge on any atom is 0.433 e. The summed E-state index contributed by atoms with van der Waals surface area (Å²) < 4.78 is 51.1. The van der Waals surface area contributed by atoms with Crippen LogP contribution < -0.4 is 16.2 Å². The van der Waals surface area contributed by atoms with Crippen molar-refractivity contribution >= 4 is 46.0 Å². The Hall–Kier alpha value is -4.07. The van der Waals surface area contributed by atoms with Crippen LogP contribution in [0.3, 0.4) is 0 Å². The van der Waals surface area contributed by atoms with Gasteiger partial charge in [-0.05, 0) is 42.0 Å². The summed E-state index contributed by atoms with van der Waals surface area (Å²) in [6.45, 7) is 0.143. The molecule has 10 nitrogen and oxygen atoms in total. The van der Waals surface area contributed by atoms with Crippen molar-refractivity contribution in [2.45, 2.75) is 18.8 Å². The lowest BCUT2D eigenvalue weighted by atomic mass is 10.0. The van der Waals surface area contributed by atoms with Gasteiger partial charge in [-0.15, -0.1) is 0 Å². The zero-order chi connectivity index (χ0) is 30.3. The Labute approximate surface area is 246 Å². The summed E-state index contributed by atoms with van der Waals surface area (Å²) in [7, 11) is 1.31. The molecule has 1 atom stereocenters. The van der Waals surface area contributed by atoms with E-state index in [0.717, 1.165) is 6.07 Å². The van der Waals surface area contributed by atoms with E-state index < -0.39 is 29.9 Å². The second-order valence-electron chi connectivity index (χ2n) is 9.37. The van der Waals surface area contributed by atoms with Crippen LogP contribution in [0, 0.1) is 0 Å². The van der Waals surface area contributed by atoms with Crippen LogP contribution in [-0.4, -0.2) is 58.5 Å². The number of ether oxygens (including phenoxy) is 1. The summed E-state index contributed by atoms with van der Waals surface area (Å²) in [6, 6.07) is 8.64. The highest BCUT2D eigenvalue weighted by Crippen LogP contribution is 2.37. The van der Waals surface area contributed by atoms with E-state index >= 15 is 0 Å². The Balaban J connectivity index is 1.51. The number of halogens is 5. The molecule has 0 bridgehead atoms. The molecule has 1 aliphatic heterocycles. The lowest BCUT2D eigenvalue weighted by Gasteiger charge is -2.40. The van der Waals surface area contributed by atoms with Crippen molar-refractivity contribution in [1.82, 2.24) is 19.8 Å². The minimum absolute atomic E-state index is 0.0372. The molecular formula is C27H23Cl2F3N6O4. The van der Waals surface area contributed by atoms with Gasteiger partial charge in [0.2, 0.25) is 5.89 Å². The second kappa shape index (κ2) is 11.3. The smallest absolute Gasteiger partial charge is 0.433 e. The standard InChI is InChI=1S/C27H23Cl2F3N6O4/c1-41-19-6-3-15(14-4-7-21(27(30,31)32)35-22(14)19)24-36-23(20(11-33)42-24)25(39)37-8-9-38(26(34)40)18(12-37)13-2-5-16(28)17(29)10-13/h2-7,10,18H,8-9,11-12,33H2,1H3,(H2,34,40). The van der Waals surface area contributed by atoms with Crippen LogP contribution in [0.5, 0.6) is 5.75 Å². The molecule has 3 heterocycles. The lowest BCUT2D eigenvalue weighted by molar-refractivity contribution is -0.140. The molecule has 1 aliphatic rings. The van der Waals surface area contributed by atoms with E-state index in [9.17, 15) is 22.8 Å². The van der Waals surface area contributed by atoms with Gasteiger partial charge >= 0.3 is 12.2 Å². The Bertz CT molecular complexity index is 1700. The van der Waals surface area contributed by atoms with Crippen LogP contribution in [0.15, 0.2) is 46.9 Å². The van der Waals surface area contributed by atoms with E-state index in [0.29, 0.717) is 10.6 Å². The number of carbonyl (C=O) groups is 2. The minimum Gasteiger partial charge on any atom is -0.494 e. The number of nitrogens with zero attached hydrogens (tertiary/aromatic N) is 4. The highest BCUT2D eigenvalue weighted by Gasteiger charge is 2.36. The predicted molar refractivity (Wildman–Crippen MR) is 148 cm³/mol. The Kier molecular flexibility index (Phi) is 7.92. The molecule has 42 heavy (non-hydrogen) atoms. The van der Waals surface area contributed by atoms with Crippen molar-refractivity contribution in [1.29, 1.82) is 0 Å². The number of aromatic nitrogens is 2. The number of hydrogen-bond donors (Lipinski definition) is 2. The predicted octanol–water partition coefficient (Wildman–Crippen LogP) is 5.26. The minimum atomic E-state index is -4.67. The molecular weight excluding hydrogens is 600 g/mol. The molecule has 5 rings (SSSR count). The van der Waals surface area contributed by atoms with Gasteiger partial charge in [0.25, 0.3) is 5.91 Å². The van der Waals surface area contributed by atoms with E-state index in [-0.39, 0.29) is 70.8 Å². The number of alkyl halides is 3. The zero-order valence-corrected chi connectivity index (χ0v) is 23.4. The molecule has 1 unspecified atom stereocenters. The largest absolute Gasteiger partial charge is 0.494 e. The Morgan fingerprint density at radius 3 is 2.50 bits per heavy atom. The zero-order valence-electron chi connectivity index (χ0n) is 21.9. The molecule has 2 aromatic carbocycles. The number of piperazine rings is 1. The summed E-state index contributed by atoms with van der Waals surface area (Å²) >= 11 is 12.2. The fourth-order valence-corrected chi connectivity index (χ4v) is 5.17. The van der Waals surface area contributed by atoms with Gasteiger partial charge in [0.05, 0.1) is 29.7 Å². The average molecular weight is 623 g/mol. The molecule has 0 aliphatic carbocycles. The monoisotopic (exact) mass is 622 g/mol. The van der Waals surface area contributed by atoms with Crippen LogP contribution >= 0.6 is 23.2 Å². The first-order valence-electron chi connectivity index (χ1n) is 12.5. The van der Waals surface area contributed by atoms with Gasteiger partial charge in [-0.25, -0.2) is 14.8 Å². The number of carbonyl (C=O) groups excluding carboxylic acids is 2. The van der Waals surface area contributed by atoms with Crippen molar-refractivity contribution in [2.24, 2.45) is 11.5 Å². The third kappa shape index (κ3) is 5.42. The number of pyridine rings is 1. The molecule has 3 amide bonds. The van der Waals surface area contributed by atoms with Gasteiger partial charge in [-0.2, -0.15) is 13.2 Å². The molecule has 0 saturated carbocycles. The lowest BCUT2D eigenvalue weighted by Crippen LogP contribution is -2.53. The van der Waals surface area contributed by atoms with Crippen molar-refractivity contribution in [3.8, 4) is 17.2 Å². The summed E-state index contributed by atoms with van der Waals surface area (Å²) in [6.07, 6.45) is -4.67. The van der Waals surface area contributed by atoms with Crippen LogP contribution in [0.2, 0.25) is 10.0 Å². The van der Waals surface area contributed by atoms with Crippen molar-refractivity contribution in [3.05, 3.63) is 75.2 Å². The molecule has 1 saturated heterocycles. The first-order valence-corrected chi connectivity index (χ1v) is 13.2. The number of rotatable bonds is 5. The maximum absolute atomic E-state index is 13.7. The van der Waals surface area contributed by atoms with Crippen molar-refractivity contribution in [2.75, 3.05) is 26.7 Å². The normalized spacial score (nSPS) is 15.7. The Morgan fingerprint density at radius 2 is 1.86 bits per heavy atom. The van der Waals surface area contributed by atoms with Crippen LogP contribution in [-0.2, 0) is 12.7 Å². The van der Waals surface area contributed by atoms with Crippen LogP contribution in [0.1, 0.15) is 33.5 Å². The average Bonchev–Trinajstić information content (AvgIpc) is 3.40. The molecule has 4 N–H and O–H groups in total. The summed E-state index contributed by atoms with van der Waals surface area (Å²) in [5, 5.41) is 0.867. The van der Waals surface area contributed by atoms with E-state index in [1.807, 2.05) is 0 Å². The molecule has 0 radical (unpaired) electrons. The van der Waals surface area contributed by atoms with Crippen molar-refractivity contribution in [3.63, 3.8) is 0 Å². The quantitative estimate of drug-likeness (QED) is 0.309. The second-order valence-corrected chi connectivity index (χ2v) is 10.2.